The summed E-state index contributed by atoms with van der Waals surface area (Å²) in [4.78, 5) is 0. The van der Waals surface area contributed by atoms with E-state index in [0.29, 0.717) is 5.88 Å². The summed E-state index contributed by atoms with van der Waals surface area (Å²) in [5.41, 5.74) is 6.92. The topological polar surface area (TPSA) is 26.0 Å². The van der Waals surface area contributed by atoms with E-state index in [1.807, 2.05) is 6.07 Å². The lowest BCUT2D eigenvalue weighted by Gasteiger charge is -2.00. The van der Waals surface area contributed by atoms with Gasteiger partial charge in [0.2, 0.25) is 0 Å². The summed E-state index contributed by atoms with van der Waals surface area (Å²) in [5.74, 6) is 0.547. The molecule has 2 N–H and O–H groups in total. The van der Waals surface area contributed by atoms with Crippen LogP contribution < -0.4 is 5.73 Å². The molecule has 68 valence electrons. The minimum atomic E-state index is 0.547. The highest BCUT2D eigenvalue weighted by atomic mass is 127. The molecule has 0 saturated carbocycles. The van der Waals surface area contributed by atoms with E-state index < -0.39 is 0 Å². The van der Waals surface area contributed by atoms with Gasteiger partial charge in [0, 0.05) is 19.5 Å². The quantitative estimate of drug-likeness (QED) is 0.626. The SMILES string of the molecule is Nc1cc2c(CCl)c(I)ccc2s1. The van der Waals surface area contributed by atoms with Crippen LogP contribution in [0.5, 0.6) is 0 Å². The van der Waals surface area contributed by atoms with Gasteiger partial charge in [-0.1, -0.05) is 0 Å². The van der Waals surface area contributed by atoms with Crippen LogP contribution in [0.2, 0.25) is 0 Å². The van der Waals surface area contributed by atoms with Crippen molar-refractivity contribution in [2.45, 2.75) is 5.88 Å². The summed E-state index contributed by atoms with van der Waals surface area (Å²) >= 11 is 9.78. The van der Waals surface area contributed by atoms with Gasteiger partial charge in [-0.2, -0.15) is 0 Å². The third kappa shape index (κ3) is 1.65. The molecule has 0 amide bonds. The van der Waals surface area contributed by atoms with Gasteiger partial charge in [0.1, 0.15) is 0 Å². The van der Waals surface area contributed by atoms with Crippen LogP contribution in [0, 0.1) is 3.57 Å². The average Bonchev–Trinajstić information content (AvgIpc) is 2.45. The molecule has 0 bridgehead atoms. The van der Waals surface area contributed by atoms with Gasteiger partial charge in [-0.25, -0.2) is 0 Å². The van der Waals surface area contributed by atoms with Crippen LogP contribution >= 0.6 is 45.5 Å². The van der Waals surface area contributed by atoms with Crippen LogP contribution in [-0.2, 0) is 5.88 Å². The number of hydrogen-bond donors (Lipinski definition) is 1. The normalized spacial score (nSPS) is 10.9. The molecule has 0 fully saturated rings. The summed E-state index contributed by atoms with van der Waals surface area (Å²) in [7, 11) is 0. The summed E-state index contributed by atoms with van der Waals surface area (Å²) in [6, 6.07) is 6.17. The van der Waals surface area contributed by atoms with Crippen molar-refractivity contribution in [3.8, 4) is 0 Å². The van der Waals surface area contributed by atoms with Crippen LogP contribution in [0.15, 0.2) is 18.2 Å². The number of rotatable bonds is 1. The standard InChI is InChI=1S/C9H7ClINS/c10-4-6-5-3-9(12)13-8(5)2-1-7(6)11/h1-3H,4,12H2. The van der Waals surface area contributed by atoms with E-state index in [4.69, 9.17) is 17.3 Å². The van der Waals surface area contributed by atoms with Gasteiger partial charge < -0.3 is 5.73 Å². The molecule has 1 heterocycles. The smallest absolute Gasteiger partial charge is 0.0868 e. The number of benzene rings is 1. The molecule has 13 heavy (non-hydrogen) atoms. The number of alkyl halides is 1. The summed E-state index contributed by atoms with van der Waals surface area (Å²) in [6.07, 6.45) is 0. The van der Waals surface area contributed by atoms with Crippen LogP contribution in [0.1, 0.15) is 5.56 Å². The zero-order valence-corrected chi connectivity index (χ0v) is 10.4. The number of nitrogen functional groups attached to an aromatic ring is 1. The van der Waals surface area contributed by atoms with Gasteiger partial charge in [-0.05, 0) is 46.4 Å². The molecule has 0 aliphatic heterocycles. The molecule has 2 rings (SSSR count). The van der Waals surface area contributed by atoms with Crippen LogP contribution in [0.3, 0.4) is 0 Å². The number of nitrogens with two attached hydrogens (primary N) is 1. The Morgan fingerprint density at radius 2 is 2.23 bits per heavy atom. The Morgan fingerprint density at radius 3 is 2.92 bits per heavy atom. The van der Waals surface area contributed by atoms with Crippen molar-refractivity contribution < 1.29 is 0 Å². The Hall–Kier alpha value is -0.0000000000000000833. The number of thiophene rings is 1. The van der Waals surface area contributed by atoms with Crippen molar-refractivity contribution in [2.24, 2.45) is 0 Å². The summed E-state index contributed by atoms with van der Waals surface area (Å²) < 4.78 is 2.42. The maximum atomic E-state index is 5.88. The summed E-state index contributed by atoms with van der Waals surface area (Å²) in [6.45, 7) is 0. The predicted octanol–water partition coefficient (Wildman–Crippen LogP) is 3.83. The minimum absolute atomic E-state index is 0.547. The Morgan fingerprint density at radius 1 is 1.46 bits per heavy atom. The predicted molar refractivity (Wildman–Crippen MR) is 68.5 cm³/mol. The third-order valence-electron chi connectivity index (χ3n) is 1.91. The van der Waals surface area contributed by atoms with Gasteiger partial charge in [0.25, 0.3) is 0 Å². The molecule has 0 aliphatic rings. The van der Waals surface area contributed by atoms with Crippen molar-refractivity contribution in [1.82, 2.24) is 0 Å². The first-order chi connectivity index (χ1) is 6.22. The third-order valence-corrected chi connectivity index (χ3v) is 4.12. The Balaban J connectivity index is 2.82. The Kier molecular flexibility index (Phi) is 2.67. The van der Waals surface area contributed by atoms with Gasteiger partial charge in [0.15, 0.2) is 0 Å². The first kappa shape index (κ1) is 9.55. The molecule has 0 unspecified atom stereocenters. The first-order valence-electron chi connectivity index (χ1n) is 3.74. The van der Waals surface area contributed by atoms with Crippen molar-refractivity contribution >= 4 is 60.6 Å². The van der Waals surface area contributed by atoms with Crippen LogP contribution in [0.4, 0.5) is 5.00 Å². The van der Waals surface area contributed by atoms with Gasteiger partial charge in [0.05, 0.1) is 5.00 Å². The molecule has 2 aromatic rings. The number of halogens is 2. The van der Waals surface area contributed by atoms with E-state index in [2.05, 4.69) is 34.7 Å². The van der Waals surface area contributed by atoms with E-state index in [9.17, 15) is 0 Å². The second-order valence-corrected chi connectivity index (χ2v) is 5.26. The largest absolute Gasteiger partial charge is 0.391 e. The van der Waals surface area contributed by atoms with Crippen LogP contribution in [-0.4, -0.2) is 0 Å². The molecule has 4 heteroatoms. The molecule has 0 aliphatic carbocycles. The molecule has 1 aromatic heterocycles. The number of fused-ring (bicyclic) bond motifs is 1. The molecular weight excluding hydrogens is 317 g/mol. The van der Waals surface area contributed by atoms with E-state index in [1.54, 1.807) is 11.3 Å². The van der Waals surface area contributed by atoms with Gasteiger partial charge in [-0.15, -0.1) is 22.9 Å². The van der Waals surface area contributed by atoms with Crippen LogP contribution in [0.25, 0.3) is 10.1 Å². The van der Waals surface area contributed by atoms with Crippen molar-refractivity contribution in [3.63, 3.8) is 0 Å². The molecule has 1 aromatic carbocycles. The van der Waals surface area contributed by atoms with E-state index in [-0.39, 0.29) is 0 Å². The Labute approximate surface area is 99.0 Å². The molecule has 0 radical (unpaired) electrons. The first-order valence-corrected chi connectivity index (χ1v) is 6.17. The van der Waals surface area contributed by atoms with Gasteiger partial charge >= 0.3 is 0 Å². The zero-order chi connectivity index (χ0) is 9.42. The second kappa shape index (κ2) is 3.63. The highest BCUT2D eigenvalue weighted by Gasteiger charge is 2.07. The second-order valence-electron chi connectivity index (χ2n) is 2.72. The van der Waals surface area contributed by atoms with E-state index in [1.165, 1.54) is 19.2 Å². The zero-order valence-electron chi connectivity index (χ0n) is 6.68. The molecule has 0 saturated heterocycles. The fraction of sp³-hybridized carbons (Fsp3) is 0.111. The lowest BCUT2D eigenvalue weighted by molar-refractivity contribution is 1.42. The fourth-order valence-corrected chi connectivity index (χ4v) is 3.33. The number of anilines is 1. The maximum absolute atomic E-state index is 5.88. The fourth-order valence-electron chi connectivity index (χ4n) is 1.30. The highest BCUT2D eigenvalue weighted by molar-refractivity contribution is 14.1. The monoisotopic (exact) mass is 323 g/mol. The van der Waals surface area contributed by atoms with E-state index in [0.717, 1.165) is 5.00 Å². The van der Waals surface area contributed by atoms with Crippen molar-refractivity contribution in [3.05, 3.63) is 27.3 Å². The Bertz CT molecular complexity index is 452. The minimum Gasteiger partial charge on any atom is -0.391 e. The number of hydrogen-bond acceptors (Lipinski definition) is 2. The summed E-state index contributed by atoms with van der Waals surface area (Å²) in [5, 5.41) is 2.05. The molecule has 1 nitrogen and oxygen atoms in total. The maximum Gasteiger partial charge on any atom is 0.0868 e. The molecule has 0 atom stereocenters. The molecular formula is C9H7ClINS. The van der Waals surface area contributed by atoms with Crippen molar-refractivity contribution in [1.29, 1.82) is 0 Å². The lowest BCUT2D eigenvalue weighted by atomic mass is 10.1. The molecule has 0 spiro atoms. The average molecular weight is 324 g/mol. The lowest BCUT2D eigenvalue weighted by Crippen LogP contribution is -1.83. The highest BCUT2D eigenvalue weighted by Crippen LogP contribution is 2.33. The van der Waals surface area contributed by atoms with E-state index >= 15 is 0 Å². The van der Waals surface area contributed by atoms with Crippen molar-refractivity contribution in [2.75, 3.05) is 5.73 Å². The van der Waals surface area contributed by atoms with Gasteiger partial charge in [-0.3, -0.25) is 0 Å².